The van der Waals surface area contributed by atoms with Gasteiger partial charge in [0.1, 0.15) is 0 Å². The van der Waals surface area contributed by atoms with Crippen LogP contribution in [0.5, 0.6) is 0 Å². The van der Waals surface area contributed by atoms with E-state index in [1.807, 2.05) is 14.0 Å². The Labute approximate surface area is 182 Å². The molecule has 0 amide bonds. The number of hydrogen-bond donors (Lipinski definition) is 2. The normalized spacial score (nSPS) is 24.2. The summed E-state index contributed by atoms with van der Waals surface area (Å²) in [6.45, 7) is 12.6. The molecule has 0 spiro atoms. The van der Waals surface area contributed by atoms with E-state index in [0.717, 1.165) is 38.9 Å². The maximum absolute atomic E-state index is 8.86. The van der Waals surface area contributed by atoms with Gasteiger partial charge >= 0.3 is 0 Å². The van der Waals surface area contributed by atoms with Gasteiger partial charge in [0.2, 0.25) is 0 Å². The number of aliphatic hydroxyl groups is 1. The van der Waals surface area contributed by atoms with Crippen LogP contribution in [0.4, 0.5) is 0 Å². The summed E-state index contributed by atoms with van der Waals surface area (Å²) in [5.41, 5.74) is 5.58. The molecule has 2 fully saturated rings. The van der Waals surface area contributed by atoms with Crippen LogP contribution in [-0.4, -0.2) is 79.5 Å². The first kappa shape index (κ1) is 30.8. The molecule has 2 saturated heterocycles. The van der Waals surface area contributed by atoms with Crippen LogP contribution >= 0.6 is 18.9 Å². The van der Waals surface area contributed by atoms with E-state index in [1.54, 1.807) is 0 Å². The van der Waals surface area contributed by atoms with Gasteiger partial charge in [0.05, 0.1) is 18.3 Å². The van der Waals surface area contributed by atoms with Crippen LogP contribution in [0.15, 0.2) is 0 Å². The molecule has 0 radical (unpaired) electrons. The molecule has 0 aromatic heterocycles. The number of hydrogen-bond acceptors (Lipinski definition) is 6. The van der Waals surface area contributed by atoms with Gasteiger partial charge in [-0.25, -0.2) is 0 Å². The maximum atomic E-state index is 8.86. The van der Waals surface area contributed by atoms with Crippen LogP contribution in [0.25, 0.3) is 0 Å². The Balaban J connectivity index is -0.000000148. The molecule has 2 aliphatic heterocycles. The van der Waals surface area contributed by atoms with Gasteiger partial charge in [-0.05, 0) is 59.7 Å². The van der Waals surface area contributed by atoms with Gasteiger partial charge in [-0.1, -0.05) is 27.2 Å². The lowest BCUT2D eigenvalue weighted by Crippen LogP contribution is -2.23. The minimum atomic E-state index is -0.0509. The van der Waals surface area contributed by atoms with Crippen molar-refractivity contribution in [1.82, 2.24) is 9.80 Å². The van der Waals surface area contributed by atoms with E-state index >= 15 is 0 Å². The molecule has 8 heteroatoms. The van der Waals surface area contributed by atoms with Crippen LogP contribution in [0.3, 0.4) is 0 Å². The van der Waals surface area contributed by atoms with Gasteiger partial charge in [0.25, 0.3) is 0 Å². The monoisotopic (exact) mass is 449 g/mol. The number of β-amino-alcohol motifs (C(OH)–C–C–N with tert-alkyl or cyclic N) is 1. The summed E-state index contributed by atoms with van der Waals surface area (Å²) in [4.78, 5) is 4.38. The van der Waals surface area contributed by atoms with Crippen molar-refractivity contribution >= 4 is 18.9 Å². The Morgan fingerprint density at radius 3 is 1.71 bits per heavy atom. The Bertz CT molecular complexity index is 300. The molecule has 3 N–H and O–H groups in total. The second kappa shape index (κ2) is 20.9. The highest BCUT2D eigenvalue weighted by Crippen LogP contribution is 2.08. The van der Waals surface area contributed by atoms with E-state index in [1.165, 1.54) is 25.8 Å². The molecule has 2 rings (SSSR count). The fraction of sp³-hybridized carbons (Fsp3) is 1.00. The predicted octanol–water partition coefficient (Wildman–Crippen LogP) is 3.79. The molecular formula is C20H53N3O3P2. The zero-order valence-corrected chi connectivity index (χ0v) is 21.6. The predicted molar refractivity (Wildman–Crippen MR) is 133 cm³/mol. The lowest BCUT2D eigenvalue weighted by Gasteiger charge is -2.09. The average molecular weight is 450 g/mol. The molecule has 0 bridgehead atoms. The topological polar surface area (TPSA) is 71.2 Å². The van der Waals surface area contributed by atoms with Crippen LogP contribution in [-0.2, 0) is 9.05 Å². The molecule has 2 aliphatic rings. The summed E-state index contributed by atoms with van der Waals surface area (Å²) < 4.78 is 9.87. The highest BCUT2D eigenvalue weighted by atomic mass is 31.0. The molecule has 28 heavy (non-hydrogen) atoms. The standard InChI is InChI=1S/C6H15OP.C5H12N2.C5H11NO.C4H11OP.2H2/c1-3-5-6(4-2)7-8;1-7-3-2-5(6)4-7;1-6-3-2-5(7)4-6;1-3-4(2)5-6;;/h6H,3-5,8H2,1-2H3;5H,2-4,6H2,1H3;5,7H,2-4H2,1H3;4H,3,6H2,1-2H3;2*1H/t6-;2*5-;4-;;/m1001../s1/i;;;;2*1+2. The maximum Gasteiger partial charge on any atom is 0.0679 e. The smallest absolute Gasteiger partial charge is 0.0679 e. The molecule has 6 nitrogen and oxygen atoms in total. The van der Waals surface area contributed by atoms with Gasteiger partial charge in [0, 0.05) is 47.5 Å². The van der Waals surface area contributed by atoms with Crippen LogP contribution in [0.1, 0.15) is 69.1 Å². The summed E-state index contributed by atoms with van der Waals surface area (Å²) in [6.07, 6.45) is 7.55. The van der Waals surface area contributed by atoms with Crippen LogP contribution in [0.2, 0.25) is 0 Å². The zero-order chi connectivity index (χ0) is 21.9. The van der Waals surface area contributed by atoms with E-state index in [9.17, 15) is 0 Å². The number of nitrogens with zero attached hydrogens (tertiary/aromatic N) is 2. The minimum Gasteiger partial charge on any atom is -0.392 e. The Morgan fingerprint density at radius 1 is 1.04 bits per heavy atom. The van der Waals surface area contributed by atoms with Crippen molar-refractivity contribution in [2.75, 3.05) is 40.3 Å². The van der Waals surface area contributed by atoms with Crippen molar-refractivity contribution in [3.05, 3.63) is 0 Å². The third-order valence-corrected chi connectivity index (χ3v) is 5.71. The summed E-state index contributed by atoms with van der Waals surface area (Å²) in [7, 11) is 8.68. The van der Waals surface area contributed by atoms with Crippen molar-refractivity contribution in [2.45, 2.75) is 90.6 Å². The van der Waals surface area contributed by atoms with Crippen molar-refractivity contribution in [2.24, 2.45) is 5.73 Å². The third kappa shape index (κ3) is 19.9. The highest BCUT2D eigenvalue weighted by Gasteiger charge is 2.15. The quantitative estimate of drug-likeness (QED) is 0.601. The molecule has 176 valence electrons. The summed E-state index contributed by atoms with van der Waals surface area (Å²) in [6, 6.07) is 0.449. The SMILES string of the molecule is CCC[C@@H](CC)OP.CC[C@@H](C)OP.CN1CC[C@H](N)C1.CN1CC[C@H](O)C1.[3HH].[3HH]. The number of likely N-dealkylation sites (N-methyl/N-ethyl adjacent to an activating group) is 2. The second-order valence-corrected chi connectivity index (χ2v) is 8.37. The Hall–Kier alpha value is 0.620. The number of nitrogens with two attached hydrogens (primary N) is 1. The second-order valence-electron chi connectivity index (χ2n) is 7.83. The van der Waals surface area contributed by atoms with Gasteiger partial charge in [-0.3, -0.25) is 0 Å². The fourth-order valence-electron chi connectivity index (χ4n) is 2.67. The Morgan fingerprint density at radius 2 is 1.61 bits per heavy atom. The first-order chi connectivity index (χ1) is 13.2. The van der Waals surface area contributed by atoms with E-state index in [2.05, 4.69) is 56.6 Å². The molecule has 0 aliphatic carbocycles. The number of likely N-dealkylation sites (tertiary alicyclic amines) is 2. The largest absolute Gasteiger partial charge is 0.392 e. The molecule has 0 aromatic rings. The van der Waals surface area contributed by atoms with Gasteiger partial charge in [0.15, 0.2) is 0 Å². The minimum absolute atomic E-state index is 0. The first-order valence-electron chi connectivity index (χ1n) is 10.8. The van der Waals surface area contributed by atoms with E-state index in [0.29, 0.717) is 18.2 Å². The number of rotatable bonds is 6. The van der Waals surface area contributed by atoms with Crippen LogP contribution < -0.4 is 5.73 Å². The average Bonchev–Trinajstić information content (AvgIpc) is 3.26. The third-order valence-electron chi connectivity index (χ3n) is 4.86. The lowest BCUT2D eigenvalue weighted by atomic mass is 10.2. The van der Waals surface area contributed by atoms with E-state index < -0.39 is 0 Å². The van der Waals surface area contributed by atoms with Gasteiger partial charge in [-0.15, -0.1) is 0 Å². The molecule has 2 heterocycles. The Kier molecular flexibility index (Phi) is 23.0. The highest BCUT2D eigenvalue weighted by molar-refractivity contribution is 7.10. The molecule has 0 saturated carbocycles. The molecule has 0 aromatic carbocycles. The number of aliphatic hydroxyl groups excluding tert-OH is 1. The van der Waals surface area contributed by atoms with Gasteiger partial charge in [-0.2, -0.15) is 0 Å². The van der Waals surface area contributed by atoms with Crippen LogP contribution in [0, 0.1) is 0 Å². The van der Waals surface area contributed by atoms with E-state index in [-0.39, 0.29) is 8.96 Å². The van der Waals surface area contributed by atoms with E-state index in [4.69, 9.17) is 19.9 Å². The fourth-order valence-corrected chi connectivity index (χ4v) is 3.19. The van der Waals surface area contributed by atoms with Crippen molar-refractivity contribution in [3.63, 3.8) is 0 Å². The van der Waals surface area contributed by atoms with Gasteiger partial charge < -0.3 is 29.7 Å². The lowest BCUT2D eigenvalue weighted by molar-refractivity contribution is 0.182. The summed E-state index contributed by atoms with van der Waals surface area (Å²) in [5, 5.41) is 8.86. The molecular weight excluding hydrogens is 392 g/mol. The summed E-state index contributed by atoms with van der Waals surface area (Å²) in [5.74, 6) is 0. The van der Waals surface area contributed by atoms with Crippen molar-refractivity contribution < 1.29 is 17.0 Å². The molecule has 6 atom stereocenters. The molecule has 2 unspecified atom stereocenters. The zero-order valence-electron chi connectivity index (χ0n) is 19.3. The summed E-state index contributed by atoms with van der Waals surface area (Å²) >= 11 is 0. The first-order valence-corrected chi connectivity index (χ1v) is 11.7. The van der Waals surface area contributed by atoms with Crippen molar-refractivity contribution in [3.8, 4) is 0 Å². The van der Waals surface area contributed by atoms with Crippen molar-refractivity contribution in [1.29, 1.82) is 0 Å².